The van der Waals surface area contributed by atoms with Gasteiger partial charge in [0, 0.05) is 32.7 Å². The number of hydrogen-bond donors (Lipinski definition) is 1. The zero-order chi connectivity index (χ0) is 26.1. The molecule has 0 bridgehead atoms. The van der Waals surface area contributed by atoms with E-state index in [1.54, 1.807) is 55.5 Å². The normalized spacial score (nSPS) is 16.6. The fourth-order valence-corrected chi connectivity index (χ4v) is 4.80. The zero-order valence-corrected chi connectivity index (χ0v) is 20.7. The number of aromatic hydroxyl groups is 1. The number of aryl methyl sites for hydroxylation is 1. The van der Waals surface area contributed by atoms with Gasteiger partial charge in [0.15, 0.2) is 5.76 Å². The standard InChI is InChI=1S/C29H27FN2O5/c1-18-15-24(33)21(17-31-11-13-32(14-12-31)23-6-4-3-5-22(23)30)28-26(18)27(34)25(37-28)16-19-7-9-20(10-8-19)29(35)36-2/h3-10,15-16,33H,11-14,17H2,1-2H3/b25-16+. The highest BCUT2D eigenvalue weighted by Crippen LogP contribution is 2.42. The Morgan fingerprint density at radius 2 is 1.81 bits per heavy atom. The van der Waals surface area contributed by atoms with E-state index in [-0.39, 0.29) is 23.1 Å². The number of esters is 1. The maximum absolute atomic E-state index is 14.2. The predicted octanol–water partition coefficient (Wildman–Crippen LogP) is 4.56. The molecule has 0 radical (unpaired) electrons. The molecule has 5 rings (SSSR count). The Bertz CT molecular complexity index is 1390. The molecule has 1 N–H and O–H groups in total. The number of benzene rings is 3. The molecule has 8 heteroatoms. The van der Waals surface area contributed by atoms with Crippen LogP contribution in [0.5, 0.6) is 11.5 Å². The van der Waals surface area contributed by atoms with Crippen molar-refractivity contribution >= 4 is 23.5 Å². The number of phenolic OH excluding ortho intramolecular Hbond substituents is 1. The van der Waals surface area contributed by atoms with E-state index in [1.165, 1.54) is 13.2 Å². The van der Waals surface area contributed by atoms with Crippen LogP contribution in [0.2, 0.25) is 0 Å². The van der Waals surface area contributed by atoms with Crippen molar-refractivity contribution in [2.45, 2.75) is 13.5 Å². The van der Waals surface area contributed by atoms with Gasteiger partial charge in [0.1, 0.15) is 17.3 Å². The lowest BCUT2D eigenvalue weighted by Crippen LogP contribution is -2.46. The second-order valence-corrected chi connectivity index (χ2v) is 9.16. The van der Waals surface area contributed by atoms with Crippen LogP contribution < -0.4 is 9.64 Å². The van der Waals surface area contributed by atoms with Gasteiger partial charge in [0.2, 0.25) is 5.78 Å². The number of para-hydroxylation sites is 1. The fourth-order valence-electron chi connectivity index (χ4n) is 4.80. The highest BCUT2D eigenvalue weighted by molar-refractivity contribution is 6.15. The highest BCUT2D eigenvalue weighted by Gasteiger charge is 2.34. The molecule has 0 aliphatic carbocycles. The first-order chi connectivity index (χ1) is 17.9. The number of ketones is 1. The quantitative estimate of drug-likeness (QED) is 0.405. The minimum absolute atomic E-state index is 0.0734. The number of nitrogens with zero attached hydrogens (tertiary/aromatic N) is 2. The number of carbonyl (C=O) groups excluding carboxylic acids is 2. The molecule has 1 saturated heterocycles. The molecular weight excluding hydrogens is 475 g/mol. The Labute approximate surface area is 214 Å². The average Bonchev–Trinajstić information content (AvgIpc) is 3.23. The maximum Gasteiger partial charge on any atom is 0.337 e. The number of methoxy groups -OCH3 is 1. The number of Topliss-reactive ketones (excluding diaryl/α,β-unsaturated/α-hetero) is 1. The van der Waals surface area contributed by atoms with Gasteiger partial charge in [0.05, 0.1) is 29.5 Å². The lowest BCUT2D eigenvalue weighted by molar-refractivity contribution is 0.0600. The number of phenols is 1. The minimum Gasteiger partial charge on any atom is -0.507 e. The van der Waals surface area contributed by atoms with Crippen molar-refractivity contribution in [1.29, 1.82) is 0 Å². The number of ether oxygens (including phenoxy) is 2. The van der Waals surface area contributed by atoms with Crippen molar-refractivity contribution < 1.29 is 28.6 Å². The number of hydrogen-bond acceptors (Lipinski definition) is 7. The summed E-state index contributed by atoms with van der Waals surface area (Å²) >= 11 is 0. The molecule has 0 aromatic heterocycles. The van der Waals surface area contributed by atoms with Crippen molar-refractivity contribution in [1.82, 2.24) is 4.90 Å². The van der Waals surface area contributed by atoms with Crippen molar-refractivity contribution in [2.24, 2.45) is 0 Å². The summed E-state index contributed by atoms with van der Waals surface area (Å²) in [6.07, 6.45) is 1.62. The molecule has 0 saturated carbocycles. The number of piperazine rings is 1. The van der Waals surface area contributed by atoms with E-state index >= 15 is 0 Å². The predicted molar refractivity (Wildman–Crippen MR) is 137 cm³/mol. The third-order valence-corrected chi connectivity index (χ3v) is 6.80. The second kappa shape index (κ2) is 10.1. The van der Waals surface area contributed by atoms with Crippen LogP contribution in [0.1, 0.15) is 37.4 Å². The maximum atomic E-state index is 14.2. The van der Waals surface area contributed by atoms with E-state index < -0.39 is 5.97 Å². The van der Waals surface area contributed by atoms with Crippen LogP contribution in [0.4, 0.5) is 10.1 Å². The molecule has 0 atom stereocenters. The molecule has 2 aliphatic rings. The summed E-state index contributed by atoms with van der Waals surface area (Å²) in [6, 6.07) is 15.0. The summed E-state index contributed by atoms with van der Waals surface area (Å²) < 4.78 is 25.0. The fraction of sp³-hybridized carbons (Fsp3) is 0.241. The van der Waals surface area contributed by atoms with Crippen molar-refractivity contribution in [3.8, 4) is 11.5 Å². The number of allylic oxidation sites excluding steroid dienone is 1. The summed E-state index contributed by atoms with van der Waals surface area (Å²) in [5.74, 6) is -0.336. The molecule has 1 fully saturated rings. The second-order valence-electron chi connectivity index (χ2n) is 9.16. The van der Waals surface area contributed by atoms with Crippen LogP contribution in [0.25, 0.3) is 6.08 Å². The molecule has 3 aromatic carbocycles. The van der Waals surface area contributed by atoms with E-state index in [9.17, 15) is 19.1 Å². The summed E-state index contributed by atoms with van der Waals surface area (Å²) in [6.45, 7) is 4.78. The van der Waals surface area contributed by atoms with Crippen molar-refractivity contribution in [3.63, 3.8) is 0 Å². The largest absolute Gasteiger partial charge is 0.507 e. The minimum atomic E-state index is -0.440. The van der Waals surface area contributed by atoms with Crippen molar-refractivity contribution in [2.75, 3.05) is 38.2 Å². The molecular formula is C29H27FN2O5. The summed E-state index contributed by atoms with van der Waals surface area (Å²) in [5.41, 5.74) is 3.31. The molecule has 37 heavy (non-hydrogen) atoms. The first-order valence-corrected chi connectivity index (χ1v) is 12.1. The van der Waals surface area contributed by atoms with Crippen LogP contribution in [0.3, 0.4) is 0 Å². The Balaban J connectivity index is 1.35. The third-order valence-electron chi connectivity index (χ3n) is 6.80. The summed E-state index contributed by atoms with van der Waals surface area (Å²) in [5, 5.41) is 10.8. The lowest BCUT2D eigenvalue weighted by atomic mass is 9.99. The topological polar surface area (TPSA) is 79.3 Å². The van der Waals surface area contributed by atoms with Gasteiger partial charge in [-0.15, -0.1) is 0 Å². The van der Waals surface area contributed by atoms with Crippen LogP contribution in [-0.4, -0.2) is 55.0 Å². The van der Waals surface area contributed by atoms with Gasteiger partial charge in [-0.3, -0.25) is 9.69 Å². The molecule has 0 spiro atoms. The first-order valence-electron chi connectivity index (χ1n) is 12.1. The molecule has 2 aliphatic heterocycles. The number of halogens is 1. The Hall–Kier alpha value is -4.17. The molecule has 0 unspecified atom stereocenters. The van der Waals surface area contributed by atoms with E-state index in [4.69, 9.17) is 9.47 Å². The van der Waals surface area contributed by atoms with E-state index in [0.717, 1.165) is 0 Å². The lowest BCUT2D eigenvalue weighted by Gasteiger charge is -2.36. The van der Waals surface area contributed by atoms with Gasteiger partial charge in [-0.2, -0.15) is 0 Å². The van der Waals surface area contributed by atoms with Crippen LogP contribution >= 0.6 is 0 Å². The number of anilines is 1. The van der Waals surface area contributed by atoms with E-state index in [0.29, 0.717) is 72.0 Å². The molecule has 190 valence electrons. The third kappa shape index (κ3) is 4.80. The molecule has 3 aromatic rings. The van der Waals surface area contributed by atoms with Gasteiger partial charge < -0.3 is 19.5 Å². The van der Waals surface area contributed by atoms with Crippen molar-refractivity contribution in [3.05, 3.63) is 94.0 Å². The highest BCUT2D eigenvalue weighted by atomic mass is 19.1. The average molecular weight is 503 g/mol. The number of fused-ring (bicyclic) bond motifs is 1. The summed E-state index contributed by atoms with van der Waals surface area (Å²) in [4.78, 5) is 29.1. The van der Waals surface area contributed by atoms with E-state index in [1.807, 2.05) is 11.0 Å². The van der Waals surface area contributed by atoms with Gasteiger partial charge >= 0.3 is 5.97 Å². The smallest absolute Gasteiger partial charge is 0.337 e. The van der Waals surface area contributed by atoms with Crippen LogP contribution in [-0.2, 0) is 11.3 Å². The van der Waals surface area contributed by atoms with Gasteiger partial charge in [-0.25, -0.2) is 9.18 Å². The number of carbonyl (C=O) groups is 2. The zero-order valence-electron chi connectivity index (χ0n) is 20.7. The van der Waals surface area contributed by atoms with Gasteiger partial charge in [0.25, 0.3) is 0 Å². The van der Waals surface area contributed by atoms with E-state index in [2.05, 4.69) is 4.90 Å². The Morgan fingerprint density at radius 1 is 1.11 bits per heavy atom. The Kier molecular flexibility index (Phi) is 6.67. The SMILES string of the molecule is COC(=O)c1ccc(/C=C2/Oc3c(CN4CCN(c5ccccc5F)CC4)c(O)cc(C)c3C2=O)cc1. The monoisotopic (exact) mass is 502 g/mol. The molecule has 2 heterocycles. The van der Waals surface area contributed by atoms with Gasteiger partial charge in [-0.1, -0.05) is 24.3 Å². The van der Waals surface area contributed by atoms with Crippen LogP contribution in [0.15, 0.2) is 60.4 Å². The summed E-state index contributed by atoms with van der Waals surface area (Å²) in [7, 11) is 1.32. The first kappa shape index (κ1) is 24.5. The molecule has 7 nitrogen and oxygen atoms in total. The Morgan fingerprint density at radius 3 is 2.49 bits per heavy atom. The molecule has 0 amide bonds. The van der Waals surface area contributed by atoms with Crippen LogP contribution in [0, 0.1) is 12.7 Å². The van der Waals surface area contributed by atoms with Gasteiger partial charge in [-0.05, 0) is 54.5 Å². The number of rotatable bonds is 5.